The molecule has 1 aliphatic rings. The molecule has 3 nitrogen and oxygen atoms in total. The van der Waals surface area contributed by atoms with Crippen LogP contribution in [0.1, 0.15) is 25.7 Å². The number of aldehydes is 1. The first kappa shape index (κ1) is 8.68. The lowest BCUT2D eigenvalue weighted by atomic mass is 9.84. The van der Waals surface area contributed by atoms with E-state index in [1.807, 2.05) is 0 Å². The van der Waals surface area contributed by atoms with Crippen molar-refractivity contribution in [1.29, 1.82) is 0 Å². The quantitative estimate of drug-likeness (QED) is 0.560. The van der Waals surface area contributed by atoms with Crippen LogP contribution in [0.15, 0.2) is 0 Å². The molecule has 1 rings (SSSR count). The van der Waals surface area contributed by atoms with Gasteiger partial charge in [-0.15, -0.1) is 0 Å². The van der Waals surface area contributed by atoms with Crippen LogP contribution < -0.4 is 0 Å². The number of aliphatic hydroxyl groups is 2. The van der Waals surface area contributed by atoms with Gasteiger partial charge >= 0.3 is 0 Å². The molecule has 0 aromatic heterocycles. The van der Waals surface area contributed by atoms with E-state index in [1.54, 1.807) is 0 Å². The van der Waals surface area contributed by atoms with E-state index in [9.17, 15) is 9.90 Å². The van der Waals surface area contributed by atoms with Crippen molar-refractivity contribution in [3.05, 3.63) is 0 Å². The molecule has 1 fully saturated rings. The molecule has 0 aromatic carbocycles. The first-order chi connectivity index (χ1) is 5.24. The predicted molar refractivity (Wildman–Crippen MR) is 40.0 cm³/mol. The summed E-state index contributed by atoms with van der Waals surface area (Å²) in [5, 5.41) is 18.3. The molecule has 1 aliphatic carbocycles. The smallest absolute Gasteiger partial charge is 0.148 e. The zero-order valence-corrected chi connectivity index (χ0v) is 6.44. The van der Waals surface area contributed by atoms with Crippen LogP contribution in [0, 0.1) is 5.92 Å². The molecule has 2 N–H and O–H groups in total. The zero-order valence-electron chi connectivity index (χ0n) is 6.44. The average Bonchev–Trinajstić information content (AvgIpc) is 2.03. The second kappa shape index (κ2) is 3.83. The van der Waals surface area contributed by atoms with Crippen molar-refractivity contribution >= 4 is 6.29 Å². The summed E-state index contributed by atoms with van der Waals surface area (Å²) >= 11 is 0. The first-order valence-corrected chi connectivity index (χ1v) is 4.05. The van der Waals surface area contributed by atoms with Crippen molar-refractivity contribution < 1.29 is 15.0 Å². The molecule has 3 atom stereocenters. The largest absolute Gasteiger partial charge is 0.393 e. The van der Waals surface area contributed by atoms with E-state index in [0.29, 0.717) is 12.7 Å². The molecule has 0 amide bonds. The highest BCUT2D eigenvalue weighted by Gasteiger charge is 2.25. The van der Waals surface area contributed by atoms with Gasteiger partial charge in [0, 0.05) is 0 Å². The number of hydrogen-bond acceptors (Lipinski definition) is 3. The minimum absolute atomic E-state index is 0.0174. The Hall–Kier alpha value is -0.410. The van der Waals surface area contributed by atoms with E-state index < -0.39 is 6.10 Å². The number of hydrogen-bond donors (Lipinski definition) is 2. The second-order valence-electron chi connectivity index (χ2n) is 3.21. The normalized spacial score (nSPS) is 34.7. The summed E-state index contributed by atoms with van der Waals surface area (Å²) in [4.78, 5) is 10.2. The van der Waals surface area contributed by atoms with Crippen molar-refractivity contribution in [2.24, 2.45) is 5.92 Å². The number of rotatable bonds is 2. The highest BCUT2D eigenvalue weighted by Crippen LogP contribution is 2.26. The van der Waals surface area contributed by atoms with Gasteiger partial charge in [-0.2, -0.15) is 0 Å². The van der Waals surface area contributed by atoms with Gasteiger partial charge in [-0.3, -0.25) is 0 Å². The van der Waals surface area contributed by atoms with Crippen LogP contribution in [0.4, 0.5) is 0 Å². The molecular weight excluding hydrogens is 144 g/mol. The molecule has 3 heteroatoms. The van der Waals surface area contributed by atoms with Crippen molar-refractivity contribution in [2.75, 3.05) is 0 Å². The van der Waals surface area contributed by atoms with Gasteiger partial charge in [0.05, 0.1) is 6.10 Å². The van der Waals surface area contributed by atoms with Gasteiger partial charge in [0.15, 0.2) is 0 Å². The van der Waals surface area contributed by atoms with E-state index >= 15 is 0 Å². The fourth-order valence-electron chi connectivity index (χ4n) is 1.62. The Morgan fingerprint density at radius 2 is 2.18 bits per heavy atom. The second-order valence-corrected chi connectivity index (χ2v) is 3.21. The highest BCUT2D eigenvalue weighted by atomic mass is 16.3. The minimum atomic E-state index is -0.870. The zero-order chi connectivity index (χ0) is 8.27. The molecule has 1 saturated carbocycles. The van der Waals surface area contributed by atoms with Crippen LogP contribution in [-0.2, 0) is 4.79 Å². The molecule has 11 heavy (non-hydrogen) atoms. The molecule has 0 radical (unpaired) electrons. The van der Waals surface area contributed by atoms with E-state index in [2.05, 4.69) is 0 Å². The van der Waals surface area contributed by atoms with Crippen LogP contribution in [-0.4, -0.2) is 28.7 Å². The van der Waals surface area contributed by atoms with Gasteiger partial charge in [0.1, 0.15) is 12.4 Å². The van der Waals surface area contributed by atoms with E-state index in [4.69, 9.17) is 5.11 Å². The maximum Gasteiger partial charge on any atom is 0.148 e. The number of carbonyl (C=O) groups is 1. The Morgan fingerprint density at radius 1 is 1.45 bits per heavy atom. The maximum absolute atomic E-state index is 10.2. The summed E-state index contributed by atoms with van der Waals surface area (Å²) in [6.45, 7) is 0. The van der Waals surface area contributed by atoms with Gasteiger partial charge in [-0.05, 0) is 25.2 Å². The first-order valence-electron chi connectivity index (χ1n) is 4.05. The lowest BCUT2D eigenvalue weighted by Crippen LogP contribution is -2.29. The van der Waals surface area contributed by atoms with E-state index in [0.717, 1.165) is 19.3 Å². The Balaban J connectivity index is 2.38. The Kier molecular flexibility index (Phi) is 3.02. The summed E-state index contributed by atoms with van der Waals surface area (Å²) in [5.41, 5.74) is 0. The van der Waals surface area contributed by atoms with Crippen LogP contribution in [0.3, 0.4) is 0 Å². The Labute approximate surface area is 66.0 Å². The third kappa shape index (κ3) is 2.27. The van der Waals surface area contributed by atoms with Gasteiger partial charge < -0.3 is 15.0 Å². The molecule has 0 spiro atoms. The van der Waals surface area contributed by atoms with Crippen molar-refractivity contribution in [1.82, 2.24) is 0 Å². The van der Waals surface area contributed by atoms with Crippen molar-refractivity contribution in [3.63, 3.8) is 0 Å². The van der Waals surface area contributed by atoms with Crippen LogP contribution in [0.5, 0.6) is 0 Å². The monoisotopic (exact) mass is 158 g/mol. The fourth-order valence-corrected chi connectivity index (χ4v) is 1.62. The van der Waals surface area contributed by atoms with Crippen molar-refractivity contribution in [3.8, 4) is 0 Å². The highest BCUT2D eigenvalue weighted by molar-refractivity contribution is 5.56. The minimum Gasteiger partial charge on any atom is -0.393 e. The topological polar surface area (TPSA) is 57.5 Å². The van der Waals surface area contributed by atoms with Gasteiger partial charge in [0.25, 0.3) is 0 Å². The summed E-state index contributed by atoms with van der Waals surface area (Å²) in [5.74, 6) is -0.0174. The molecule has 64 valence electrons. The van der Waals surface area contributed by atoms with E-state index in [-0.39, 0.29) is 12.0 Å². The average molecular weight is 158 g/mol. The molecule has 0 saturated heterocycles. The number of carbonyl (C=O) groups excluding carboxylic acids is 1. The fraction of sp³-hybridized carbons (Fsp3) is 0.875. The lowest BCUT2D eigenvalue weighted by Gasteiger charge is -2.26. The number of aliphatic hydroxyl groups excluding tert-OH is 2. The molecule has 0 bridgehead atoms. The predicted octanol–water partition coefficient (Wildman–Crippen LogP) is 0.0973. The summed E-state index contributed by atoms with van der Waals surface area (Å²) in [6.07, 6.45) is 2.52. The van der Waals surface area contributed by atoms with Gasteiger partial charge in [-0.1, -0.05) is 6.42 Å². The summed E-state index contributed by atoms with van der Waals surface area (Å²) in [6, 6.07) is 0. The van der Waals surface area contributed by atoms with Crippen LogP contribution >= 0.6 is 0 Å². The van der Waals surface area contributed by atoms with Crippen LogP contribution in [0.2, 0.25) is 0 Å². The molecule has 0 aromatic rings. The maximum atomic E-state index is 10.2. The summed E-state index contributed by atoms with van der Waals surface area (Å²) < 4.78 is 0. The summed E-state index contributed by atoms with van der Waals surface area (Å²) in [7, 11) is 0. The third-order valence-electron chi connectivity index (χ3n) is 2.31. The van der Waals surface area contributed by atoms with E-state index in [1.165, 1.54) is 0 Å². The Bertz CT molecular complexity index is 135. The lowest BCUT2D eigenvalue weighted by molar-refractivity contribution is -0.118. The molecule has 0 aliphatic heterocycles. The van der Waals surface area contributed by atoms with Crippen LogP contribution in [0.25, 0.3) is 0 Å². The molecule has 0 heterocycles. The molecule has 3 unspecified atom stereocenters. The Morgan fingerprint density at radius 3 is 2.73 bits per heavy atom. The van der Waals surface area contributed by atoms with Crippen molar-refractivity contribution in [2.45, 2.75) is 37.9 Å². The van der Waals surface area contributed by atoms with Gasteiger partial charge in [-0.25, -0.2) is 0 Å². The standard InChI is InChI=1S/C8H14O3/c9-5-8(11)6-2-1-3-7(10)4-6/h5-8,10-11H,1-4H2. The van der Waals surface area contributed by atoms with Gasteiger partial charge in [0.2, 0.25) is 0 Å². The SMILES string of the molecule is O=CC(O)C1CCCC(O)C1. The molecular formula is C8H14O3. The third-order valence-corrected chi connectivity index (χ3v) is 2.31.